The molecule has 1 atom stereocenters. The highest BCUT2D eigenvalue weighted by molar-refractivity contribution is 7.19. The summed E-state index contributed by atoms with van der Waals surface area (Å²) in [5.74, 6) is 0. The molecule has 100 valence electrons. The van der Waals surface area contributed by atoms with E-state index >= 15 is 0 Å². The Hall–Kier alpha value is -1.92. The molecule has 0 aliphatic rings. The molecule has 0 fully saturated rings. The number of anilines is 1. The first-order valence-electron chi connectivity index (χ1n) is 5.89. The number of hydrogen-bond acceptors (Lipinski definition) is 4. The smallest absolute Gasteiger partial charge is 0.321 e. The molecule has 1 aromatic carbocycles. The van der Waals surface area contributed by atoms with E-state index < -0.39 is 6.10 Å². The highest BCUT2D eigenvalue weighted by atomic mass is 32.1. The van der Waals surface area contributed by atoms with Crippen molar-refractivity contribution in [1.82, 2.24) is 10.3 Å². The fraction of sp³-hybridized carbons (Fsp3) is 0.231. The van der Waals surface area contributed by atoms with Gasteiger partial charge >= 0.3 is 6.03 Å². The minimum atomic E-state index is -0.568. The van der Waals surface area contributed by atoms with Gasteiger partial charge in [0, 0.05) is 12.7 Å². The molecule has 0 radical (unpaired) electrons. The predicted molar refractivity (Wildman–Crippen MR) is 76.3 cm³/mol. The van der Waals surface area contributed by atoms with Gasteiger partial charge in [0.1, 0.15) is 0 Å². The van der Waals surface area contributed by atoms with E-state index in [4.69, 9.17) is 5.11 Å². The topological polar surface area (TPSA) is 74.2 Å². The molecule has 0 aliphatic carbocycles. The maximum Gasteiger partial charge on any atom is 0.321 e. The van der Waals surface area contributed by atoms with Crippen LogP contribution in [0.5, 0.6) is 0 Å². The third kappa shape index (κ3) is 4.04. The zero-order valence-electron chi connectivity index (χ0n) is 10.5. The van der Waals surface area contributed by atoms with E-state index in [1.54, 1.807) is 13.1 Å². The average molecular weight is 277 g/mol. The Morgan fingerprint density at radius 2 is 2.16 bits per heavy atom. The van der Waals surface area contributed by atoms with Crippen LogP contribution in [-0.4, -0.2) is 28.8 Å². The minimum Gasteiger partial charge on any atom is -0.392 e. The van der Waals surface area contributed by atoms with Gasteiger partial charge < -0.3 is 10.4 Å². The van der Waals surface area contributed by atoms with Gasteiger partial charge in [-0.2, -0.15) is 0 Å². The number of hydrogen-bond donors (Lipinski definition) is 3. The number of amides is 2. The first-order chi connectivity index (χ1) is 9.15. The van der Waals surface area contributed by atoms with Crippen LogP contribution in [-0.2, 0) is 0 Å². The monoisotopic (exact) mass is 277 g/mol. The van der Waals surface area contributed by atoms with Crippen molar-refractivity contribution in [2.75, 3.05) is 11.9 Å². The Bertz CT molecular complexity index is 540. The Balaban J connectivity index is 1.96. The molecule has 0 bridgehead atoms. The molecular formula is C13H15N3O2S. The molecule has 2 amide bonds. The molecule has 19 heavy (non-hydrogen) atoms. The molecule has 5 nitrogen and oxygen atoms in total. The lowest BCUT2D eigenvalue weighted by Crippen LogP contribution is -2.34. The second kappa shape index (κ2) is 6.31. The van der Waals surface area contributed by atoms with Crippen LogP contribution >= 0.6 is 11.3 Å². The van der Waals surface area contributed by atoms with Gasteiger partial charge in [0.2, 0.25) is 0 Å². The number of carbonyl (C=O) groups is 1. The summed E-state index contributed by atoms with van der Waals surface area (Å²) in [4.78, 5) is 16.6. The van der Waals surface area contributed by atoms with Gasteiger partial charge in [0.15, 0.2) is 5.13 Å². The number of nitrogens with one attached hydrogen (secondary N) is 2. The summed E-state index contributed by atoms with van der Waals surface area (Å²) in [6.07, 6.45) is 1.16. The van der Waals surface area contributed by atoms with Crippen molar-refractivity contribution in [2.24, 2.45) is 0 Å². The summed E-state index contributed by atoms with van der Waals surface area (Å²) in [5, 5.41) is 14.8. The summed E-state index contributed by atoms with van der Waals surface area (Å²) >= 11 is 1.40. The van der Waals surface area contributed by atoms with Gasteiger partial charge in [0.25, 0.3) is 0 Å². The highest BCUT2D eigenvalue weighted by Gasteiger charge is 2.07. The normalized spacial score (nSPS) is 11.9. The standard InChI is InChI=1S/C13H15N3O2S/c1-9(17)7-14-12(18)16-13-15-8-11(19-13)10-5-3-2-4-6-10/h2-6,8-9,17H,7H2,1H3,(H2,14,15,16,18). The molecule has 0 aliphatic heterocycles. The van der Waals surface area contributed by atoms with Crippen molar-refractivity contribution in [3.8, 4) is 10.4 Å². The maximum atomic E-state index is 11.5. The van der Waals surface area contributed by atoms with Gasteiger partial charge in [0.05, 0.1) is 11.0 Å². The minimum absolute atomic E-state index is 0.211. The van der Waals surface area contributed by atoms with Crippen LogP contribution in [0.15, 0.2) is 36.5 Å². The first kappa shape index (κ1) is 13.5. The average Bonchev–Trinajstić information content (AvgIpc) is 2.86. The number of aliphatic hydroxyl groups is 1. The lowest BCUT2D eigenvalue weighted by molar-refractivity contribution is 0.190. The van der Waals surface area contributed by atoms with Crippen molar-refractivity contribution in [3.63, 3.8) is 0 Å². The zero-order valence-corrected chi connectivity index (χ0v) is 11.3. The van der Waals surface area contributed by atoms with Crippen molar-refractivity contribution in [1.29, 1.82) is 0 Å². The zero-order chi connectivity index (χ0) is 13.7. The molecule has 1 heterocycles. The molecule has 2 aromatic rings. The first-order valence-corrected chi connectivity index (χ1v) is 6.71. The molecular weight excluding hydrogens is 262 g/mol. The maximum absolute atomic E-state index is 11.5. The lowest BCUT2D eigenvalue weighted by Gasteiger charge is -2.06. The number of aromatic nitrogens is 1. The SMILES string of the molecule is CC(O)CNC(=O)Nc1ncc(-c2ccccc2)s1. The Morgan fingerprint density at radius 3 is 2.84 bits per heavy atom. The number of nitrogens with zero attached hydrogens (tertiary/aromatic N) is 1. The van der Waals surface area contributed by atoms with Crippen molar-refractivity contribution in [3.05, 3.63) is 36.5 Å². The van der Waals surface area contributed by atoms with E-state index in [1.807, 2.05) is 30.3 Å². The fourth-order valence-corrected chi connectivity index (χ4v) is 2.27. The Kier molecular flexibility index (Phi) is 4.48. The highest BCUT2D eigenvalue weighted by Crippen LogP contribution is 2.28. The van der Waals surface area contributed by atoms with Gasteiger partial charge in [-0.05, 0) is 12.5 Å². The molecule has 1 unspecified atom stereocenters. The molecule has 0 saturated heterocycles. The lowest BCUT2D eigenvalue weighted by atomic mass is 10.2. The molecule has 1 aromatic heterocycles. The van der Waals surface area contributed by atoms with Crippen molar-refractivity contribution in [2.45, 2.75) is 13.0 Å². The molecule has 6 heteroatoms. The van der Waals surface area contributed by atoms with Crippen LogP contribution in [0.2, 0.25) is 0 Å². The van der Waals surface area contributed by atoms with Crippen LogP contribution in [0.1, 0.15) is 6.92 Å². The van der Waals surface area contributed by atoms with E-state index in [-0.39, 0.29) is 12.6 Å². The summed E-state index contributed by atoms with van der Waals surface area (Å²) < 4.78 is 0. The van der Waals surface area contributed by atoms with Gasteiger partial charge in [-0.15, -0.1) is 0 Å². The second-order valence-corrected chi connectivity index (χ2v) is 5.11. The summed E-state index contributed by atoms with van der Waals surface area (Å²) in [6, 6.07) is 9.48. The number of rotatable bonds is 4. The molecule has 0 saturated carbocycles. The summed E-state index contributed by atoms with van der Waals surface area (Å²) in [7, 11) is 0. The van der Waals surface area contributed by atoms with E-state index in [2.05, 4.69) is 15.6 Å². The summed E-state index contributed by atoms with van der Waals surface area (Å²) in [5.41, 5.74) is 1.07. The Labute approximate surface area is 115 Å². The van der Waals surface area contributed by atoms with Crippen LogP contribution in [0.4, 0.5) is 9.93 Å². The van der Waals surface area contributed by atoms with Gasteiger partial charge in [-0.3, -0.25) is 5.32 Å². The van der Waals surface area contributed by atoms with Gasteiger partial charge in [-0.25, -0.2) is 9.78 Å². The third-order valence-electron chi connectivity index (χ3n) is 2.34. The van der Waals surface area contributed by atoms with E-state index in [0.29, 0.717) is 5.13 Å². The summed E-state index contributed by atoms with van der Waals surface area (Å²) in [6.45, 7) is 1.82. The quantitative estimate of drug-likeness (QED) is 0.803. The van der Waals surface area contributed by atoms with E-state index in [0.717, 1.165) is 10.4 Å². The largest absolute Gasteiger partial charge is 0.392 e. The van der Waals surface area contributed by atoms with Crippen LogP contribution in [0, 0.1) is 0 Å². The number of aliphatic hydroxyl groups excluding tert-OH is 1. The number of benzene rings is 1. The van der Waals surface area contributed by atoms with E-state index in [1.165, 1.54) is 11.3 Å². The predicted octanol–water partition coefficient (Wildman–Crippen LogP) is 2.31. The van der Waals surface area contributed by atoms with Crippen molar-refractivity contribution >= 4 is 22.5 Å². The van der Waals surface area contributed by atoms with Crippen LogP contribution < -0.4 is 10.6 Å². The van der Waals surface area contributed by atoms with Crippen LogP contribution in [0.3, 0.4) is 0 Å². The van der Waals surface area contributed by atoms with E-state index in [9.17, 15) is 4.79 Å². The number of urea groups is 1. The number of carbonyl (C=O) groups excluding carboxylic acids is 1. The Morgan fingerprint density at radius 1 is 1.42 bits per heavy atom. The van der Waals surface area contributed by atoms with Crippen molar-refractivity contribution < 1.29 is 9.90 Å². The molecule has 3 N–H and O–H groups in total. The third-order valence-corrected chi connectivity index (χ3v) is 3.30. The number of thiazole rings is 1. The molecule has 0 spiro atoms. The van der Waals surface area contributed by atoms with Crippen LogP contribution in [0.25, 0.3) is 10.4 Å². The second-order valence-electron chi connectivity index (χ2n) is 4.08. The molecule has 2 rings (SSSR count). The fourth-order valence-electron chi connectivity index (χ4n) is 1.45. The van der Waals surface area contributed by atoms with Gasteiger partial charge in [-0.1, -0.05) is 41.7 Å².